The maximum absolute atomic E-state index is 13.7. The summed E-state index contributed by atoms with van der Waals surface area (Å²) >= 11 is 5.75. The molecule has 0 unspecified atom stereocenters. The molecular formula is C15H11ClFNO. The van der Waals surface area contributed by atoms with Gasteiger partial charge in [-0.3, -0.25) is 0 Å². The molecule has 0 radical (unpaired) electrons. The average molecular weight is 276 g/mol. The number of ether oxygens (including phenoxy) is 1. The lowest BCUT2D eigenvalue weighted by atomic mass is 10.1. The topological polar surface area (TPSA) is 33.0 Å². The van der Waals surface area contributed by atoms with E-state index in [9.17, 15) is 4.39 Å². The molecule has 0 saturated heterocycles. The van der Waals surface area contributed by atoms with E-state index in [0.717, 1.165) is 0 Å². The molecule has 0 heterocycles. The second-order valence-electron chi connectivity index (χ2n) is 3.92. The number of hydrogen-bond donors (Lipinski definition) is 0. The Bertz CT molecular complexity index is 622. The maximum Gasteiger partial charge on any atom is 0.165 e. The third-order valence-corrected chi connectivity index (χ3v) is 2.99. The fraction of sp³-hybridized carbons (Fsp3) is 0.133. The first-order valence-corrected chi connectivity index (χ1v) is 6.24. The van der Waals surface area contributed by atoms with E-state index in [1.165, 1.54) is 6.07 Å². The fourth-order valence-electron chi connectivity index (χ4n) is 1.73. The van der Waals surface area contributed by atoms with Gasteiger partial charge in [0.25, 0.3) is 0 Å². The van der Waals surface area contributed by atoms with E-state index in [4.69, 9.17) is 21.6 Å². The molecule has 19 heavy (non-hydrogen) atoms. The Hall–Kier alpha value is -2.05. The van der Waals surface area contributed by atoms with Crippen molar-refractivity contribution in [2.45, 2.75) is 12.5 Å². The molecule has 2 nitrogen and oxygen atoms in total. The van der Waals surface area contributed by atoms with Crippen LogP contribution in [-0.2, 0) is 12.5 Å². The van der Waals surface area contributed by atoms with Crippen LogP contribution in [0.25, 0.3) is 0 Å². The smallest absolute Gasteiger partial charge is 0.165 e. The molecule has 0 fully saturated rings. The summed E-state index contributed by atoms with van der Waals surface area (Å²) in [5.41, 5.74) is 1.83. The first-order chi connectivity index (χ1) is 9.26. The normalized spacial score (nSPS) is 9.95. The number of nitriles is 1. The van der Waals surface area contributed by atoms with Crippen LogP contribution in [0.3, 0.4) is 0 Å². The van der Waals surface area contributed by atoms with E-state index in [0.29, 0.717) is 16.7 Å². The average Bonchev–Trinajstić information content (AvgIpc) is 2.46. The summed E-state index contributed by atoms with van der Waals surface area (Å²) in [4.78, 5) is 0. The second kappa shape index (κ2) is 6.21. The van der Waals surface area contributed by atoms with Gasteiger partial charge in [-0.15, -0.1) is 11.6 Å². The third kappa shape index (κ3) is 3.04. The lowest BCUT2D eigenvalue weighted by Gasteiger charge is -2.11. The molecule has 0 saturated carbocycles. The highest BCUT2D eigenvalue weighted by molar-refractivity contribution is 6.17. The standard InChI is InChI=1S/C15H11ClFNO/c16-8-11-6-3-7-14(17)15(11)19-10-13-5-2-1-4-12(13)9-18/h1-7H,8,10H2. The minimum Gasteiger partial charge on any atom is -0.485 e. The number of alkyl halides is 1. The summed E-state index contributed by atoms with van der Waals surface area (Å²) in [5.74, 6) is -0.134. The zero-order valence-electron chi connectivity index (χ0n) is 10.1. The summed E-state index contributed by atoms with van der Waals surface area (Å²) in [7, 11) is 0. The molecule has 0 atom stereocenters. The Morgan fingerprint density at radius 2 is 1.84 bits per heavy atom. The van der Waals surface area contributed by atoms with E-state index in [1.807, 2.05) is 6.07 Å². The zero-order chi connectivity index (χ0) is 13.7. The second-order valence-corrected chi connectivity index (χ2v) is 4.19. The van der Waals surface area contributed by atoms with Crippen molar-refractivity contribution in [2.75, 3.05) is 0 Å². The molecule has 2 aromatic carbocycles. The van der Waals surface area contributed by atoms with E-state index < -0.39 is 5.82 Å². The van der Waals surface area contributed by atoms with Crippen LogP contribution < -0.4 is 4.74 Å². The fourth-order valence-corrected chi connectivity index (χ4v) is 1.94. The van der Waals surface area contributed by atoms with Crippen LogP contribution in [0.2, 0.25) is 0 Å². The molecule has 0 aliphatic heterocycles. The van der Waals surface area contributed by atoms with Crippen molar-refractivity contribution in [3.8, 4) is 11.8 Å². The van der Waals surface area contributed by atoms with Gasteiger partial charge in [-0.25, -0.2) is 4.39 Å². The monoisotopic (exact) mass is 275 g/mol. The van der Waals surface area contributed by atoms with Crippen molar-refractivity contribution < 1.29 is 9.13 Å². The quantitative estimate of drug-likeness (QED) is 0.790. The predicted octanol–water partition coefficient (Wildman–Crippen LogP) is 4.02. The molecular weight excluding hydrogens is 265 g/mol. The van der Waals surface area contributed by atoms with E-state index >= 15 is 0 Å². The van der Waals surface area contributed by atoms with Crippen molar-refractivity contribution in [1.82, 2.24) is 0 Å². The molecule has 0 spiro atoms. The Labute approximate surface area is 116 Å². The van der Waals surface area contributed by atoms with Gasteiger partial charge in [0.2, 0.25) is 0 Å². The number of para-hydroxylation sites is 1. The van der Waals surface area contributed by atoms with E-state index in [2.05, 4.69) is 6.07 Å². The highest BCUT2D eigenvalue weighted by Gasteiger charge is 2.10. The number of hydrogen-bond acceptors (Lipinski definition) is 2. The lowest BCUT2D eigenvalue weighted by Crippen LogP contribution is -2.02. The third-order valence-electron chi connectivity index (χ3n) is 2.70. The molecule has 0 aliphatic rings. The number of halogens is 2. The molecule has 0 N–H and O–H groups in total. The SMILES string of the molecule is N#Cc1ccccc1COc1c(F)cccc1CCl. The molecule has 2 rings (SSSR count). The Balaban J connectivity index is 2.22. The molecule has 96 valence electrons. The van der Waals surface area contributed by atoms with Crippen LogP contribution in [-0.4, -0.2) is 0 Å². The van der Waals surface area contributed by atoms with Crippen LogP contribution >= 0.6 is 11.6 Å². The van der Waals surface area contributed by atoms with Crippen LogP contribution in [0, 0.1) is 17.1 Å². The number of rotatable bonds is 4. The van der Waals surface area contributed by atoms with Gasteiger partial charge < -0.3 is 4.74 Å². The van der Waals surface area contributed by atoms with Crippen LogP contribution in [0.4, 0.5) is 4.39 Å². The summed E-state index contributed by atoms with van der Waals surface area (Å²) in [6, 6.07) is 13.7. The molecule has 0 aliphatic carbocycles. The van der Waals surface area contributed by atoms with Crippen molar-refractivity contribution in [2.24, 2.45) is 0 Å². The Morgan fingerprint density at radius 1 is 1.11 bits per heavy atom. The summed E-state index contributed by atoms with van der Waals surface area (Å²) in [6.45, 7) is 0.133. The molecule has 0 aromatic heterocycles. The predicted molar refractivity (Wildman–Crippen MR) is 71.4 cm³/mol. The maximum atomic E-state index is 13.7. The van der Waals surface area contributed by atoms with Gasteiger partial charge >= 0.3 is 0 Å². The largest absolute Gasteiger partial charge is 0.485 e. The Morgan fingerprint density at radius 3 is 2.58 bits per heavy atom. The molecule has 0 bridgehead atoms. The van der Waals surface area contributed by atoms with Crippen LogP contribution in [0.5, 0.6) is 5.75 Å². The molecule has 2 aromatic rings. The highest BCUT2D eigenvalue weighted by atomic mass is 35.5. The van der Waals surface area contributed by atoms with Gasteiger partial charge in [0, 0.05) is 11.1 Å². The number of nitrogens with zero attached hydrogens (tertiary/aromatic N) is 1. The summed E-state index contributed by atoms with van der Waals surface area (Å²) in [5, 5.41) is 8.97. The van der Waals surface area contributed by atoms with E-state index in [1.54, 1.807) is 30.3 Å². The molecule has 0 amide bonds. The highest BCUT2D eigenvalue weighted by Crippen LogP contribution is 2.25. The molecule has 4 heteroatoms. The van der Waals surface area contributed by atoms with Crippen molar-refractivity contribution in [3.05, 3.63) is 65.0 Å². The van der Waals surface area contributed by atoms with Gasteiger partial charge in [-0.1, -0.05) is 30.3 Å². The number of benzene rings is 2. The van der Waals surface area contributed by atoms with Crippen molar-refractivity contribution in [1.29, 1.82) is 5.26 Å². The first kappa shape index (κ1) is 13.4. The van der Waals surface area contributed by atoms with Gasteiger partial charge in [0.05, 0.1) is 17.5 Å². The minimum atomic E-state index is -0.451. The van der Waals surface area contributed by atoms with Crippen LogP contribution in [0.1, 0.15) is 16.7 Å². The zero-order valence-corrected chi connectivity index (χ0v) is 10.8. The van der Waals surface area contributed by atoms with Gasteiger partial charge in [0.1, 0.15) is 6.61 Å². The lowest BCUT2D eigenvalue weighted by molar-refractivity contribution is 0.287. The van der Waals surface area contributed by atoms with Gasteiger partial charge in [-0.05, 0) is 12.1 Å². The van der Waals surface area contributed by atoms with Crippen molar-refractivity contribution in [3.63, 3.8) is 0 Å². The first-order valence-electron chi connectivity index (χ1n) is 5.70. The van der Waals surface area contributed by atoms with Gasteiger partial charge in [-0.2, -0.15) is 5.26 Å². The van der Waals surface area contributed by atoms with Gasteiger partial charge in [0.15, 0.2) is 11.6 Å². The minimum absolute atomic E-state index is 0.133. The van der Waals surface area contributed by atoms with E-state index in [-0.39, 0.29) is 18.2 Å². The summed E-state index contributed by atoms with van der Waals surface area (Å²) < 4.78 is 19.2. The Kier molecular flexibility index (Phi) is 4.38. The summed E-state index contributed by atoms with van der Waals surface area (Å²) in [6.07, 6.45) is 0. The van der Waals surface area contributed by atoms with Crippen molar-refractivity contribution >= 4 is 11.6 Å². The van der Waals surface area contributed by atoms with Crippen LogP contribution in [0.15, 0.2) is 42.5 Å².